The van der Waals surface area contributed by atoms with Crippen LogP contribution in [0, 0.1) is 0 Å². The highest BCUT2D eigenvalue weighted by molar-refractivity contribution is 5.98. The van der Waals surface area contributed by atoms with Crippen molar-refractivity contribution in [2.45, 2.75) is 12.5 Å². The van der Waals surface area contributed by atoms with Gasteiger partial charge in [-0.1, -0.05) is 36.4 Å². The Morgan fingerprint density at radius 1 is 1.08 bits per heavy atom. The molecule has 2 aromatic rings. The largest absolute Gasteiger partial charge is 0.465 e. The summed E-state index contributed by atoms with van der Waals surface area (Å²) in [6.07, 6.45) is 0.284. The van der Waals surface area contributed by atoms with Crippen LogP contribution in [0.15, 0.2) is 54.6 Å². The molecule has 2 rings (SSSR count). The number of carbonyl (C=O) groups excluding carboxylic acids is 3. The highest BCUT2D eigenvalue weighted by atomic mass is 16.5. The van der Waals surface area contributed by atoms with Crippen LogP contribution in [0.4, 0.5) is 10.5 Å². The molecule has 1 atom stereocenters. The Kier molecular flexibility index (Phi) is 6.11. The number of anilines is 1. The number of methoxy groups -OCH3 is 1. The van der Waals surface area contributed by atoms with Gasteiger partial charge in [0, 0.05) is 12.1 Å². The second kappa shape index (κ2) is 8.49. The van der Waals surface area contributed by atoms with Crippen LogP contribution in [-0.4, -0.2) is 31.1 Å². The van der Waals surface area contributed by atoms with E-state index in [0.29, 0.717) is 11.3 Å². The highest BCUT2D eigenvalue weighted by Crippen LogP contribution is 2.13. The fourth-order valence-electron chi connectivity index (χ4n) is 2.30. The maximum Gasteiger partial charge on any atom is 0.337 e. The van der Waals surface area contributed by atoms with Gasteiger partial charge in [-0.05, 0) is 23.8 Å². The number of hydrogen-bond acceptors (Lipinski definition) is 4. The van der Waals surface area contributed by atoms with E-state index in [2.05, 4.69) is 15.4 Å². The molecule has 130 valence electrons. The lowest BCUT2D eigenvalue weighted by molar-refractivity contribution is -0.117. The van der Waals surface area contributed by atoms with Gasteiger partial charge in [0.25, 0.3) is 0 Å². The first-order valence-corrected chi connectivity index (χ1v) is 7.58. The van der Waals surface area contributed by atoms with Crippen LogP contribution in [0.3, 0.4) is 0 Å². The van der Waals surface area contributed by atoms with Gasteiger partial charge in [-0.2, -0.15) is 0 Å². The molecule has 0 aliphatic rings. The molecule has 0 aromatic heterocycles. The molecule has 4 N–H and O–H groups in total. The molecule has 0 aliphatic carbocycles. The first-order chi connectivity index (χ1) is 12.0. The van der Waals surface area contributed by atoms with E-state index < -0.39 is 23.9 Å². The standard InChI is InChI=1S/C18H19N3O4/c1-25-17(23)13-8-5-9-14(11-13)20-16(22)15(21-18(19)24)10-12-6-3-2-4-7-12/h2-9,11,15H,10H2,1H3,(H,20,22)(H3,19,21,24)/t15-/m1/s1. The summed E-state index contributed by atoms with van der Waals surface area (Å²) in [6.45, 7) is 0. The number of rotatable bonds is 6. The molecule has 2 aromatic carbocycles. The van der Waals surface area contributed by atoms with Crippen molar-refractivity contribution < 1.29 is 19.1 Å². The van der Waals surface area contributed by atoms with Gasteiger partial charge in [0.15, 0.2) is 0 Å². The fraction of sp³-hybridized carbons (Fsp3) is 0.167. The van der Waals surface area contributed by atoms with Crippen molar-refractivity contribution in [3.05, 3.63) is 65.7 Å². The fourth-order valence-corrected chi connectivity index (χ4v) is 2.30. The van der Waals surface area contributed by atoms with Crippen LogP contribution >= 0.6 is 0 Å². The summed E-state index contributed by atoms with van der Waals surface area (Å²) in [7, 11) is 1.28. The minimum atomic E-state index is -0.846. The van der Waals surface area contributed by atoms with Crippen LogP contribution < -0.4 is 16.4 Å². The van der Waals surface area contributed by atoms with Crippen LogP contribution in [0.5, 0.6) is 0 Å². The van der Waals surface area contributed by atoms with E-state index in [-0.39, 0.29) is 6.42 Å². The molecule has 7 nitrogen and oxygen atoms in total. The van der Waals surface area contributed by atoms with Gasteiger partial charge < -0.3 is 21.1 Å². The molecule has 0 saturated heterocycles. The molecule has 0 heterocycles. The van der Waals surface area contributed by atoms with Gasteiger partial charge in [-0.25, -0.2) is 9.59 Å². The van der Waals surface area contributed by atoms with Crippen LogP contribution in [0.1, 0.15) is 15.9 Å². The summed E-state index contributed by atoms with van der Waals surface area (Å²) in [6, 6.07) is 13.9. The second-order valence-corrected chi connectivity index (χ2v) is 5.31. The van der Waals surface area contributed by atoms with Crippen LogP contribution in [0.2, 0.25) is 0 Å². The van der Waals surface area contributed by atoms with Crippen LogP contribution in [-0.2, 0) is 16.0 Å². The summed E-state index contributed by atoms with van der Waals surface area (Å²) in [4.78, 5) is 35.3. The Morgan fingerprint density at radius 3 is 2.44 bits per heavy atom. The SMILES string of the molecule is COC(=O)c1cccc(NC(=O)[C@@H](Cc2ccccc2)NC(N)=O)c1. The normalized spacial score (nSPS) is 11.2. The quantitative estimate of drug-likeness (QED) is 0.694. The molecule has 0 spiro atoms. The third-order valence-electron chi connectivity index (χ3n) is 3.47. The molecule has 0 radical (unpaired) electrons. The molecule has 25 heavy (non-hydrogen) atoms. The molecule has 0 unspecified atom stereocenters. The zero-order valence-electron chi connectivity index (χ0n) is 13.7. The number of nitrogens with one attached hydrogen (secondary N) is 2. The topological polar surface area (TPSA) is 111 Å². The number of hydrogen-bond donors (Lipinski definition) is 3. The molecular weight excluding hydrogens is 322 g/mol. The van der Waals surface area contributed by atoms with E-state index in [1.54, 1.807) is 18.2 Å². The van der Waals surface area contributed by atoms with E-state index >= 15 is 0 Å². The number of benzene rings is 2. The average molecular weight is 341 g/mol. The van der Waals surface area contributed by atoms with Crippen molar-refractivity contribution in [3.63, 3.8) is 0 Å². The summed E-state index contributed by atoms with van der Waals surface area (Å²) in [5.74, 6) is -0.947. The Balaban J connectivity index is 2.13. The molecule has 0 aliphatic heterocycles. The van der Waals surface area contributed by atoms with Gasteiger partial charge >= 0.3 is 12.0 Å². The minimum Gasteiger partial charge on any atom is -0.465 e. The molecular formula is C18H19N3O4. The van der Waals surface area contributed by atoms with Crippen molar-refractivity contribution >= 4 is 23.6 Å². The average Bonchev–Trinajstić information content (AvgIpc) is 2.61. The van der Waals surface area contributed by atoms with E-state index in [9.17, 15) is 14.4 Å². The number of urea groups is 1. The van der Waals surface area contributed by atoms with Crippen molar-refractivity contribution in [2.75, 3.05) is 12.4 Å². The summed E-state index contributed by atoms with van der Waals surface area (Å²) < 4.78 is 4.65. The predicted molar refractivity (Wildman–Crippen MR) is 93.1 cm³/mol. The number of amides is 3. The Labute approximate surface area is 145 Å². The maximum atomic E-state index is 12.5. The van der Waals surface area contributed by atoms with Gasteiger partial charge in [0.1, 0.15) is 6.04 Å². The lowest BCUT2D eigenvalue weighted by atomic mass is 10.1. The Bertz CT molecular complexity index is 762. The molecule has 3 amide bonds. The van der Waals surface area contributed by atoms with Gasteiger partial charge in [-0.3, -0.25) is 4.79 Å². The van der Waals surface area contributed by atoms with E-state index in [4.69, 9.17) is 5.73 Å². The summed E-state index contributed by atoms with van der Waals surface area (Å²) in [5.41, 5.74) is 6.77. The van der Waals surface area contributed by atoms with Gasteiger partial charge in [-0.15, -0.1) is 0 Å². The van der Waals surface area contributed by atoms with Gasteiger partial charge in [0.2, 0.25) is 5.91 Å². The van der Waals surface area contributed by atoms with Crippen molar-refractivity contribution in [1.29, 1.82) is 0 Å². The lowest BCUT2D eigenvalue weighted by Crippen LogP contribution is -2.47. The second-order valence-electron chi connectivity index (χ2n) is 5.31. The minimum absolute atomic E-state index is 0.284. The molecule has 0 bridgehead atoms. The van der Waals surface area contributed by atoms with Crippen molar-refractivity contribution in [1.82, 2.24) is 5.32 Å². The highest BCUT2D eigenvalue weighted by Gasteiger charge is 2.20. The van der Waals surface area contributed by atoms with Crippen molar-refractivity contribution in [3.8, 4) is 0 Å². The Hall–Kier alpha value is -3.35. The number of primary amides is 1. The number of nitrogens with two attached hydrogens (primary N) is 1. The molecule has 0 saturated carbocycles. The van der Waals surface area contributed by atoms with Gasteiger partial charge in [0.05, 0.1) is 12.7 Å². The third kappa shape index (κ3) is 5.35. The number of ether oxygens (including phenoxy) is 1. The third-order valence-corrected chi connectivity index (χ3v) is 3.47. The molecule has 0 fully saturated rings. The maximum absolute atomic E-state index is 12.5. The van der Waals surface area contributed by atoms with E-state index in [1.165, 1.54) is 13.2 Å². The Morgan fingerprint density at radius 2 is 1.80 bits per heavy atom. The van der Waals surface area contributed by atoms with Crippen LogP contribution in [0.25, 0.3) is 0 Å². The van der Waals surface area contributed by atoms with E-state index in [1.807, 2.05) is 30.3 Å². The van der Waals surface area contributed by atoms with E-state index in [0.717, 1.165) is 5.56 Å². The number of carbonyl (C=O) groups is 3. The smallest absolute Gasteiger partial charge is 0.337 e. The summed E-state index contributed by atoms with van der Waals surface area (Å²) in [5, 5.41) is 5.10. The first-order valence-electron chi connectivity index (χ1n) is 7.58. The first kappa shape index (κ1) is 18.0. The predicted octanol–water partition coefficient (Wildman–Crippen LogP) is 1.69. The zero-order chi connectivity index (χ0) is 18.2. The monoisotopic (exact) mass is 341 g/mol. The molecule has 7 heteroatoms. The number of esters is 1. The van der Waals surface area contributed by atoms with Crippen molar-refractivity contribution in [2.24, 2.45) is 5.73 Å². The lowest BCUT2D eigenvalue weighted by Gasteiger charge is -2.17. The zero-order valence-corrected chi connectivity index (χ0v) is 13.7. The summed E-state index contributed by atoms with van der Waals surface area (Å²) >= 11 is 0.